The van der Waals surface area contributed by atoms with Crippen LogP contribution in [0.15, 0.2) is 122 Å². The highest BCUT2D eigenvalue weighted by Gasteiger charge is 2.21. The number of hydrogen-bond donors (Lipinski definition) is 0. The van der Waals surface area contributed by atoms with Crippen molar-refractivity contribution in [1.82, 2.24) is 0 Å². The second-order valence-corrected chi connectivity index (χ2v) is 15.7. The van der Waals surface area contributed by atoms with Crippen molar-refractivity contribution in [2.24, 2.45) is 0 Å². The van der Waals surface area contributed by atoms with Crippen LogP contribution in [0.25, 0.3) is 0 Å². The Kier molecular flexibility index (Phi) is 9.96. The van der Waals surface area contributed by atoms with E-state index in [1.165, 1.54) is 36.4 Å². The zero-order valence-corrected chi connectivity index (χ0v) is 27.1. The predicted molar refractivity (Wildman–Crippen MR) is 168 cm³/mol. The fourth-order valence-corrected chi connectivity index (χ4v) is 6.55. The molecule has 0 aliphatic rings. The Hall–Kier alpha value is -3.62. The number of benzene rings is 3. The summed E-state index contributed by atoms with van der Waals surface area (Å²) in [7, 11) is -7.48. The van der Waals surface area contributed by atoms with Gasteiger partial charge in [-0.25, -0.2) is 16.8 Å². The molecular formula is C34H40O6S2. The molecule has 3 aromatic rings. The molecule has 0 heterocycles. The van der Waals surface area contributed by atoms with Crippen molar-refractivity contribution in [2.45, 2.75) is 81.1 Å². The zero-order chi connectivity index (χ0) is 31.3. The van der Waals surface area contributed by atoms with E-state index in [0.29, 0.717) is 17.3 Å². The average Bonchev–Trinajstić information content (AvgIpc) is 2.92. The monoisotopic (exact) mass is 608 g/mol. The Labute approximate surface area is 251 Å². The van der Waals surface area contributed by atoms with Crippen LogP contribution in [0, 0.1) is 0 Å². The molecule has 0 N–H and O–H groups in total. The van der Waals surface area contributed by atoms with Crippen molar-refractivity contribution in [3.05, 3.63) is 113 Å². The van der Waals surface area contributed by atoms with Crippen LogP contribution < -0.4 is 9.47 Å². The molecule has 0 fully saturated rings. The van der Waals surface area contributed by atoms with Gasteiger partial charge in [0.05, 0.1) is 19.6 Å². The molecule has 0 saturated heterocycles. The van der Waals surface area contributed by atoms with Crippen molar-refractivity contribution in [3.8, 4) is 11.5 Å². The fourth-order valence-electron chi connectivity index (χ4n) is 3.96. The maximum absolute atomic E-state index is 13.3. The summed E-state index contributed by atoms with van der Waals surface area (Å²) in [5.74, 6) is 1.39. The highest BCUT2D eigenvalue weighted by atomic mass is 32.2. The molecule has 0 spiro atoms. The van der Waals surface area contributed by atoms with E-state index in [2.05, 4.69) is 20.8 Å². The van der Waals surface area contributed by atoms with Crippen LogP contribution in [-0.2, 0) is 25.1 Å². The predicted octanol–water partition coefficient (Wildman–Crippen LogP) is 8.21. The molecule has 8 heteroatoms. The lowest BCUT2D eigenvalue weighted by Gasteiger charge is -2.21. The minimum Gasteiger partial charge on any atom is -0.488 e. The summed E-state index contributed by atoms with van der Waals surface area (Å²) in [6, 6.07) is 19.3. The summed E-state index contributed by atoms with van der Waals surface area (Å²) in [5, 5.41) is 0. The van der Waals surface area contributed by atoms with Crippen LogP contribution in [0.1, 0.15) is 61.0 Å². The topological polar surface area (TPSA) is 86.7 Å². The summed E-state index contributed by atoms with van der Waals surface area (Å²) in [4.78, 5) is 0.623. The molecule has 0 bridgehead atoms. The van der Waals surface area contributed by atoms with Crippen LogP contribution in [0.4, 0.5) is 0 Å². The van der Waals surface area contributed by atoms with Gasteiger partial charge >= 0.3 is 0 Å². The zero-order valence-electron chi connectivity index (χ0n) is 25.5. The normalized spacial score (nSPS) is 13.8. The maximum Gasteiger partial charge on any atom is 0.206 e. The number of allylic oxidation sites excluding steroid dienone is 4. The van der Waals surface area contributed by atoms with Gasteiger partial charge in [0.2, 0.25) is 19.7 Å². The lowest BCUT2D eigenvalue weighted by atomic mass is 9.87. The second kappa shape index (κ2) is 12.7. The molecule has 0 amide bonds. The van der Waals surface area contributed by atoms with E-state index < -0.39 is 25.3 Å². The molecule has 6 nitrogen and oxygen atoms in total. The molecule has 0 aromatic heterocycles. The van der Waals surface area contributed by atoms with Crippen LogP contribution in [-0.4, -0.2) is 22.4 Å². The van der Waals surface area contributed by atoms with E-state index in [4.69, 9.17) is 9.47 Å². The van der Waals surface area contributed by atoms with Gasteiger partial charge < -0.3 is 9.47 Å². The van der Waals surface area contributed by atoms with E-state index in [0.717, 1.165) is 5.56 Å². The van der Waals surface area contributed by atoms with Crippen LogP contribution in [0.2, 0.25) is 0 Å². The third-order valence-corrected chi connectivity index (χ3v) is 9.92. The minimum absolute atomic E-state index is 0.0842. The molecular weight excluding hydrogens is 569 g/mol. The second-order valence-electron chi connectivity index (χ2n) is 11.8. The maximum atomic E-state index is 13.3. The molecule has 0 aliphatic heterocycles. The van der Waals surface area contributed by atoms with Gasteiger partial charge in [0.1, 0.15) is 22.9 Å². The Bertz CT molecular complexity index is 1680. The summed E-state index contributed by atoms with van der Waals surface area (Å²) in [5.41, 5.74) is 0.572. The molecule has 0 aliphatic carbocycles. The number of hydrogen-bond acceptors (Lipinski definition) is 6. The number of rotatable bonds is 9. The first kappa shape index (κ1) is 32.9. The van der Waals surface area contributed by atoms with E-state index in [1.807, 2.05) is 32.9 Å². The fraction of sp³-hybridized carbons (Fsp3) is 0.294. The van der Waals surface area contributed by atoms with E-state index in [-0.39, 0.29) is 25.0 Å². The number of ether oxygens (including phenoxy) is 2. The van der Waals surface area contributed by atoms with Crippen molar-refractivity contribution < 1.29 is 26.3 Å². The van der Waals surface area contributed by atoms with Crippen molar-refractivity contribution in [3.63, 3.8) is 0 Å². The summed E-state index contributed by atoms with van der Waals surface area (Å²) in [6.07, 6.45) is 6.30. The largest absolute Gasteiger partial charge is 0.488 e. The molecule has 0 radical (unpaired) electrons. The SMILES string of the molecule is C\C=C(/C=C\C(=C/C)S(=O)(=O)c1ccc(C(C)(C)C)cc1)Oc1ccc(S(=O)(=O)c2ccc(OC(C)(C)C)cc2)cc1. The van der Waals surface area contributed by atoms with Gasteiger partial charge in [0.25, 0.3) is 0 Å². The van der Waals surface area contributed by atoms with Gasteiger partial charge in [-0.2, -0.15) is 0 Å². The number of sulfone groups is 2. The lowest BCUT2D eigenvalue weighted by Crippen LogP contribution is -2.22. The third kappa shape index (κ3) is 8.23. The van der Waals surface area contributed by atoms with Gasteiger partial charge in [0, 0.05) is 0 Å². The van der Waals surface area contributed by atoms with Crippen LogP contribution >= 0.6 is 0 Å². The molecule has 0 atom stereocenters. The smallest absolute Gasteiger partial charge is 0.206 e. The van der Waals surface area contributed by atoms with Crippen molar-refractivity contribution >= 4 is 19.7 Å². The molecule has 0 unspecified atom stereocenters. The molecule has 0 saturated carbocycles. The van der Waals surface area contributed by atoms with Crippen LogP contribution in [0.3, 0.4) is 0 Å². The summed E-state index contributed by atoms with van der Waals surface area (Å²) in [6.45, 7) is 15.4. The molecule has 3 aromatic carbocycles. The van der Waals surface area contributed by atoms with Gasteiger partial charge in [-0.05, 0) is 124 Å². The van der Waals surface area contributed by atoms with E-state index in [9.17, 15) is 16.8 Å². The lowest BCUT2D eigenvalue weighted by molar-refractivity contribution is 0.131. The first-order chi connectivity index (χ1) is 19.5. The van der Waals surface area contributed by atoms with Gasteiger partial charge in [-0.3, -0.25) is 0 Å². The Morgan fingerprint density at radius 3 is 1.52 bits per heavy atom. The molecule has 224 valence electrons. The van der Waals surface area contributed by atoms with E-state index in [1.54, 1.807) is 62.4 Å². The summed E-state index contributed by atoms with van der Waals surface area (Å²) >= 11 is 0. The van der Waals surface area contributed by atoms with Crippen molar-refractivity contribution in [2.75, 3.05) is 0 Å². The van der Waals surface area contributed by atoms with Gasteiger partial charge in [-0.15, -0.1) is 0 Å². The Morgan fingerprint density at radius 2 is 1.10 bits per heavy atom. The molecule has 3 rings (SSSR count). The molecule has 42 heavy (non-hydrogen) atoms. The Morgan fingerprint density at radius 1 is 0.619 bits per heavy atom. The van der Waals surface area contributed by atoms with Crippen molar-refractivity contribution in [1.29, 1.82) is 0 Å². The summed E-state index contributed by atoms with van der Waals surface area (Å²) < 4.78 is 64.5. The Balaban J connectivity index is 1.74. The quantitative estimate of drug-likeness (QED) is 0.180. The highest BCUT2D eigenvalue weighted by molar-refractivity contribution is 7.95. The van der Waals surface area contributed by atoms with Gasteiger partial charge in [-0.1, -0.05) is 39.0 Å². The third-order valence-electron chi connectivity index (χ3n) is 6.25. The minimum atomic E-state index is -3.74. The first-order valence-corrected chi connectivity index (χ1v) is 16.6. The van der Waals surface area contributed by atoms with Crippen LogP contribution in [0.5, 0.6) is 11.5 Å². The van der Waals surface area contributed by atoms with Gasteiger partial charge in [0.15, 0.2) is 0 Å². The highest BCUT2D eigenvalue weighted by Crippen LogP contribution is 2.28. The van der Waals surface area contributed by atoms with E-state index >= 15 is 0 Å². The average molecular weight is 609 g/mol. The first-order valence-electron chi connectivity index (χ1n) is 13.7. The standard InChI is InChI=1S/C34H40O6S2/c1-9-26(13-20-29(10-2)41(35,36)30-18-11-25(12-19-30)33(3,4)5)39-27-14-21-31(22-15-27)42(37,38)32-23-16-28(17-24-32)40-34(6,7)8/h9-24H,1-8H3/b20-13-,26-9+,29-10+.